The van der Waals surface area contributed by atoms with Gasteiger partial charge >= 0.3 is 0 Å². The summed E-state index contributed by atoms with van der Waals surface area (Å²) < 4.78 is 2.17. The summed E-state index contributed by atoms with van der Waals surface area (Å²) in [5, 5.41) is 10.2. The Hall–Kier alpha value is -1.43. The molecule has 0 spiro atoms. The molecule has 0 bridgehead atoms. The van der Waals surface area contributed by atoms with Crippen molar-refractivity contribution in [2.75, 3.05) is 0 Å². The molecular formula is C15H13BrN2OS. The highest BCUT2D eigenvalue weighted by molar-refractivity contribution is 9.10. The smallest absolute Gasteiger partial charge is 0.115 e. The van der Waals surface area contributed by atoms with E-state index in [1.54, 1.807) is 23.5 Å². The number of nitrogens with two attached hydrogens (primary N) is 1. The Kier molecular flexibility index (Phi) is 3.74. The molecule has 0 aliphatic carbocycles. The van der Waals surface area contributed by atoms with Crippen LogP contribution in [-0.2, 0) is 6.42 Å². The predicted octanol–water partition coefficient (Wildman–Crippen LogP) is 4.01. The Balaban J connectivity index is 1.84. The lowest BCUT2D eigenvalue weighted by Crippen LogP contribution is -2.12. The zero-order chi connectivity index (χ0) is 14.1. The van der Waals surface area contributed by atoms with Crippen molar-refractivity contribution in [3.63, 3.8) is 0 Å². The Morgan fingerprint density at radius 1 is 1.20 bits per heavy atom. The number of halogens is 1. The van der Waals surface area contributed by atoms with Gasteiger partial charge in [-0.1, -0.05) is 28.1 Å². The minimum Gasteiger partial charge on any atom is -0.508 e. The van der Waals surface area contributed by atoms with Gasteiger partial charge in [0.2, 0.25) is 0 Å². The molecule has 0 saturated heterocycles. The highest BCUT2D eigenvalue weighted by Crippen LogP contribution is 2.29. The number of nitrogens with zero attached hydrogens (tertiary/aromatic N) is 1. The van der Waals surface area contributed by atoms with Crippen molar-refractivity contribution in [2.45, 2.75) is 12.5 Å². The van der Waals surface area contributed by atoms with Gasteiger partial charge in [0, 0.05) is 4.47 Å². The topological polar surface area (TPSA) is 59.1 Å². The number of phenolic OH excluding ortho intramolecular Hbond substituents is 1. The number of aromatic hydroxyl groups is 1. The zero-order valence-corrected chi connectivity index (χ0v) is 13.0. The third-order valence-electron chi connectivity index (χ3n) is 3.08. The number of fused-ring (bicyclic) bond motifs is 1. The molecule has 1 atom stereocenters. The molecule has 20 heavy (non-hydrogen) atoms. The first-order valence-corrected chi connectivity index (χ1v) is 7.82. The maximum absolute atomic E-state index is 9.28. The normalized spacial score (nSPS) is 12.7. The van der Waals surface area contributed by atoms with Gasteiger partial charge in [0.05, 0.1) is 16.3 Å². The van der Waals surface area contributed by atoms with Crippen molar-refractivity contribution in [3.8, 4) is 5.75 Å². The Morgan fingerprint density at radius 2 is 1.95 bits per heavy atom. The number of aromatic nitrogens is 1. The minimum absolute atomic E-state index is 0.129. The molecule has 0 aliphatic rings. The number of hydrogen-bond acceptors (Lipinski definition) is 4. The monoisotopic (exact) mass is 348 g/mol. The predicted molar refractivity (Wildman–Crippen MR) is 86.1 cm³/mol. The molecule has 3 N–H and O–H groups in total. The summed E-state index contributed by atoms with van der Waals surface area (Å²) >= 11 is 5.08. The summed E-state index contributed by atoms with van der Waals surface area (Å²) in [5.74, 6) is 0.271. The standard InChI is InChI=1S/C15H13BrN2OS/c16-10-3-6-14-13(8-10)18-15(20-14)12(17)7-9-1-4-11(19)5-2-9/h1-6,8,12,19H,7,17H2. The van der Waals surface area contributed by atoms with Crippen molar-refractivity contribution in [2.24, 2.45) is 5.73 Å². The Bertz CT molecular complexity index is 739. The quantitative estimate of drug-likeness (QED) is 0.751. The van der Waals surface area contributed by atoms with E-state index < -0.39 is 0 Å². The van der Waals surface area contributed by atoms with E-state index in [1.165, 1.54) is 0 Å². The lowest BCUT2D eigenvalue weighted by molar-refractivity contribution is 0.475. The lowest BCUT2D eigenvalue weighted by atomic mass is 10.1. The van der Waals surface area contributed by atoms with Crippen LogP contribution in [-0.4, -0.2) is 10.1 Å². The first-order valence-electron chi connectivity index (χ1n) is 6.21. The zero-order valence-electron chi connectivity index (χ0n) is 10.6. The van der Waals surface area contributed by atoms with Crippen LogP contribution in [0, 0.1) is 0 Å². The van der Waals surface area contributed by atoms with E-state index in [9.17, 15) is 5.11 Å². The van der Waals surface area contributed by atoms with Crippen LogP contribution in [0.3, 0.4) is 0 Å². The van der Waals surface area contributed by atoms with Gasteiger partial charge in [0.15, 0.2) is 0 Å². The molecule has 0 aliphatic heterocycles. The summed E-state index contributed by atoms with van der Waals surface area (Å²) in [6.07, 6.45) is 0.710. The van der Waals surface area contributed by atoms with Crippen LogP contribution < -0.4 is 5.73 Å². The van der Waals surface area contributed by atoms with Crippen LogP contribution in [0.1, 0.15) is 16.6 Å². The van der Waals surface area contributed by atoms with E-state index in [2.05, 4.69) is 20.9 Å². The molecule has 1 unspecified atom stereocenters. The van der Waals surface area contributed by atoms with E-state index in [0.29, 0.717) is 6.42 Å². The molecule has 1 aromatic heterocycles. The average molecular weight is 349 g/mol. The fraction of sp³-hybridized carbons (Fsp3) is 0.133. The molecule has 0 radical (unpaired) electrons. The molecule has 5 heteroatoms. The number of benzene rings is 2. The molecule has 0 amide bonds. The summed E-state index contributed by atoms with van der Waals surface area (Å²) in [7, 11) is 0. The number of rotatable bonds is 3. The average Bonchev–Trinajstić information content (AvgIpc) is 2.84. The fourth-order valence-corrected chi connectivity index (χ4v) is 3.35. The summed E-state index contributed by atoms with van der Waals surface area (Å²) in [4.78, 5) is 4.60. The van der Waals surface area contributed by atoms with Crippen molar-refractivity contribution in [1.29, 1.82) is 0 Å². The maximum Gasteiger partial charge on any atom is 0.115 e. The summed E-state index contributed by atoms with van der Waals surface area (Å²) in [6.45, 7) is 0. The lowest BCUT2D eigenvalue weighted by Gasteiger charge is -2.08. The van der Waals surface area contributed by atoms with Gasteiger partial charge < -0.3 is 10.8 Å². The number of phenols is 1. The molecule has 3 nitrogen and oxygen atoms in total. The number of thiazole rings is 1. The van der Waals surface area contributed by atoms with Crippen LogP contribution in [0.2, 0.25) is 0 Å². The van der Waals surface area contributed by atoms with Gasteiger partial charge in [0.25, 0.3) is 0 Å². The molecule has 0 saturated carbocycles. The molecule has 3 rings (SSSR count). The van der Waals surface area contributed by atoms with E-state index in [0.717, 1.165) is 25.3 Å². The second-order valence-electron chi connectivity index (χ2n) is 4.64. The fourth-order valence-electron chi connectivity index (χ4n) is 2.05. The molecule has 2 aromatic carbocycles. The van der Waals surface area contributed by atoms with Crippen LogP contribution >= 0.6 is 27.3 Å². The molecular weight excluding hydrogens is 336 g/mol. The van der Waals surface area contributed by atoms with Crippen molar-refractivity contribution in [3.05, 3.63) is 57.5 Å². The van der Waals surface area contributed by atoms with Gasteiger partial charge in [-0.25, -0.2) is 4.98 Å². The number of hydrogen-bond donors (Lipinski definition) is 2. The van der Waals surface area contributed by atoms with E-state index in [4.69, 9.17) is 5.73 Å². The second-order valence-corrected chi connectivity index (χ2v) is 6.62. The third-order valence-corrected chi connectivity index (χ3v) is 4.74. The second kappa shape index (κ2) is 5.52. The molecule has 102 valence electrons. The Morgan fingerprint density at radius 3 is 2.70 bits per heavy atom. The minimum atomic E-state index is -0.129. The maximum atomic E-state index is 9.28. The first kappa shape index (κ1) is 13.5. The van der Waals surface area contributed by atoms with Gasteiger partial charge in [-0.05, 0) is 42.3 Å². The van der Waals surface area contributed by atoms with Crippen molar-refractivity contribution >= 4 is 37.5 Å². The van der Waals surface area contributed by atoms with Crippen LogP contribution in [0.5, 0.6) is 5.75 Å². The third kappa shape index (κ3) is 2.85. The summed E-state index contributed by atoms with van der Waals surface area (Å²) in [6, 6.07) is 13.1. The van der Waals surface area contributed by atoms with Crippen LogP contribution in [0.15, 0.2) is 46.9 Å². The van der Waals surface area contributed by atoms with Crippen LogP contribution in [0.4, 0.5) is 0 Å². The molecule has 1 heterocycles. The molecule has 3 aromatic rings. The highest BCUT2D eigenvalue weighted by atomic mass is 79.9. The van der Waals surface area contributed by atoms with E-state index in [1.807, 2.05) is 30.3 Å². The largest absolute Gasteiger partial charge is 0.508 e. The van der Waals surface area contributed by atoms with Gasteiger partial charge in [-0.3, -0.25) is 0 Å². The van der Waals surface area contributed by atoms with Crippen molar-refractivity contribution < 1.29 is 5.11 Å². The SMILES string of the molecule is NC(Cc1ccc(O)cc1)c1nc2cc(Br)ccc2s1. The highest BCUT2D eigenvalue weighted by Gasteiger charge is 2.13. The Labute approximate surface area is 129 Å². The van der Waals surface area contributed by atoms with Gasteiger partial charge in [0.1, 0.15) is 10.8 Å². The van der Waals surface area contributed by atoms with Gasteiger partial charge in [-0.15, -0.1) is 11.3 Å². The van der Waals surface area contributed by atoms with E-state index in [-0.39, 0.29) is 11.8 Å². The molecule has 0 fully saturated rings. The first-order chi connectivity index (χ1) is 9.61. The van der Waals surface area contributed by atoms with E-state index >= 15 is 0 Å². The van der Waals surface area contributed by atoms with Gasteiger partial charge in [-0.2, -0.15) is 0 Å². The summed E-state index contributed by atoms with van der Waals surface area (Å²) in [5.41, 5.74) is 8.31. The van der Waals surface area contributed by atoms with Crippen molar-refractivity contribution in [1.82, 2.24) is 4.98 Å². The van der Waals surface area contributed by atoms with Crippen LogP contribution in [0.25, 0.3) is 10.2 Å².